The average molecular weight is 485 g/mol. The van der Waals surface area contributed by atoms with Gasteiger partial charge in [0.05, 0.1) is 17.6 Å². The van der Waals surface area contributed by atoms with Crippen LogP contribution in [0.1, 0.15) is 25.7 Å². The van der Waals surface area contributed by atoms with Gasteiger partial charge in [0.25, 0.3) is 0 Å². The van der Waals surface area contributed by atoms with Crippen molar-refractivity contribution in [3.63, 3.8) is 0 Å². The average Bonchev–Trinajstić information content (AvgIpc) is 3.29. The number of carbonyl (C=O) groups is 1. The van der Waals surface area contributed by atoms with Crippen LogP contribution in [0.25, 0.3) is 28.1 Å². The normalized spacial score (nSPS) is 11.2. The fraction of sp³-hybridized carbons (Fsp3) is 0.333. The maximum atomic E-state index is 12.3. The van der Waals surface area contributed by atoms with Crippen LogP contribution >= 0.6 is 0 Å². The highest BCUT2D eigenvalue weighted by Gasteiger charge is 2.15. The van der Waals surface area contributed by atoms with Gasteiger partial charge in [-0.1, -0.05) is 48.5 Å². The molecule has 4 rings (SSSR count). The van der Waals surface area contributed by atoms with Crippen LogP contribution in [0, 0.1) is 0 Å². The number of nitrogens with zero attached hydrogens (tertiary/aromatic N) is 4. The maximum absolute atomic E-state index is 12.3. The molecule has 0 fully saturated rings. The molecule has 0 aliphatic rings. The topological polar surface area (TPSA) is 50.6 Å². The van der Waals surface area contributed by atoms with E-state index in [1.165, 1.54) is 0 Å². The third-order valence-electron chi connectivity index (χ3n) is 6.28. The van der Waals surface area contributed by atoms with Gasteiger partial charge in [0.15, 0.2) is 0 Å². The number of hydrogen-bond acceptors (Lipinski definition) is 4. The van der Waals surface area contributed by atoms with Gasteiger partial charge < -0.3 is 14.5 Å². The number of rotatable bonds is 12. The number of likely N-dealkylation sites (N-methyl/N-ethyl adjacent to an activating group) is 2. The first-order chi connectivity index (χ1) is 17.5. The number of ether oxygens (including phenoxy) is 1. The van der Waals surface area contributed by atoms with Gasteiger partial charge in [0.2, 0.25) is 5.91 Å². The standard InChI is InChI=1S/C30H36N4O2/c1-32(2)20-21-33(3)29(35)17-11-6-12-22-36-26-18-19-27-28(23-26)34(25-15-9-5-10-16-25)30(31-27)24-13-7-4-8-14-24/h4-5,7-10,13-16,18-19,23H,6,11-12,17,20-22H2,1-3H3. The van der Waals surface area contributed by atoms with E-state index in [0.717, 1.165) is 66.2 Å². The largest absolute Gasteiger partial charge is 0.494 e. The van der Waals surface area contributed by atoms with Crippen LogP contribution in [-0.4, -0.2) is 66.1 Å². The molecule has 1 aromatic heterocycles. The quantitative estimate of drug-likeness (QED) is 0.244. The molecule has 188 valence electrons. The lowest BCUT2D eigenvalue weighted by atomic mass is 10.2. The van der Waals surface area contributed by atoms with Crippen molar-refractivity contribution >= 4 is 16.9 Å². The molecule has 6 heteroatoms. The molecule has 6 nitrogen and oxygen atoms in total. The summed E-state index contributed by atoms with van der Waals surface area (Å²) in [6.45, 7) is 2.28. The molecule has 0 spiro atoms. The number of para-hydroxylation sites is 1. The lowest BCUT2D eigenvalue weighted by Crippen LogP contribution is -2.33. The Morgan fingerprint density at radius 1 is 0.861 bits per heavy atom. The predicted molar refractivity (Wildman–Crippen MR) is 147 cm³/mol. The van der Waals surface area contributed by atoms with Crippen LogP contribution in [-0.2, 0) is 4.79 Å². The van der Waals surface area contributed by atoms with Crippen molar-refractivity contribution in [3.8, 4) is 22.8 Å². The zero-order valence-electron chi connectivity index (χ0n) is 21.6. The zero-order chi connectivity index (χ0) is 25.3. The van der Waals surface area contributed by atoms with Gasteiger partial charge in [-0.2, -0.15) is 0 Å². The molecule has 0 saturated heterocycles. The Balaban J connectivity index is 1.38. The summed E-state index contributed by atoms with van der Waals surface area (Å²) < 4.78 is 8.29. The molecule has 0 atom stereocenters. The summed E-state index contributed by atoms with van der Waals surface area (Å²) in [5, 5.41) is 0. The van der Waals surface area contributed by atoms with E-state index in [4.69, 9.17) is 9.72 Å². The number of hydrogen-bond donors (Lipinski definition) is 0. The first kappa shape index (κ1) is 25.5. The van der Waals surface area contributed by atoms with E-state index >= 15 is 0 Å². The number of amides is 1. The molecule has 0 aliphatic heterocycles. The first-order valence-electron chi connectivity index (χ1n) is 12.7. The highest BCUT2D eigenvalue weighted by Crippen LogP contribution is 2.30. The van der Waals surface area contributed by atoms with Gasteiger partial charge in [0.1, 0.15) is 11.6 Å². The van der Waals surface area contributed by atoms with E-state index in [-0.39, 0.29) is 5.91 Å². The van der Waals surface area contributed by atoms with E-state index < -0.39 is 0 Å². The molecule has 3 aromatic carbocycles. The van der Waals surface area contributed by atoms with Crippen molar-refractivity contribution in [3.05, 3.63) is 78.9 Å². The number of fused-ring (bicyclic) bond motifs is 1. The monoisotopic (exact) mass is 484 g/mol. The molecule has 36 heavy (non-hydrogen) atoms. The Hall–Kier alpha value is -3.64. The summed E-state index contributed by atoms with van der Waals surface area (Å²) in [6, 6.07) is 26.7. The number of unbranched alkanes of at least 4 members (excludes halogenated alkanes) is 2. The number of benzene rings is 3. The third kappa shape index (κ3) is 6.52. The van der Waals surface area contributed by atoms with Crippen molar-refractivity contribution in [2.45, 2.75) is 25.7 Å². The summed E-state index contributed by atoms with van der Waals surface area (Å²) in [7, 11) is 5.93. The SMILES string of the molecule is CN(C)CCN(C)C(=O)CCCCCOc1ccc2nc(-c3ccccc3)n(-c3ccccc3)c2c1. The molecule has 0 bridgehead atoms. The van der Waals surface area contributed by atoms with Crippen LogP contribution in [0.3, 0.4) is 0 Å². The smallest absolute Gasteiger partial charge is 0.222 e. The molecular formula is C30H36N4O2. The van der Waals surface area contributed by atoms with Crippen molar-refractivity contribution in [1.82, 2.24) is 19.4 Å². The number of imidazole rings is 1. The molecule has 0 unspecified atom stereocenters. The Kier molecular flexibility index (Phi) is 8.74. The lowest BCUT2D eigenvalue weighted by molar-refractivity contribution is -0.130. The second kappa shape index (κ2) is 12.4. The van der Waals surface area contributed by atoms with E-state index in [1.54, 1.807) is 0 Å². The Bertz CT molecular complexity index is 1250. The third-order valence-corrected chi connectivity index (χ3v) is 6.28. The summed E-state index contributed by atoms with van der Waals surface area (Å²) in [4.78, 5) is 21.1. The van der Waals surface area contributed by atoms with Crippen LogP contribution < -0.4 is 4.74 Å². The van der Waals surface area contributed by atoms with E-state index in [1.807, 2.05) is 74.6 Å². The molecular weight excluding hydrogens is 448 g/mol. The van der Waals surface area contributed by atoms with Crippen molar-refractivity contribution < 1.29 is 9.53 Å². The van der Waals surface area contributed by atoms with E-state index in [2.05, 4.69) is 39.8 Å². The van der Waals surface area contributed by atoms with Gasteiger partial charge in [-0.05, 0) is 57.6 Å². The second-order valence-corrected chi connectivity index (χ2v) is 9.40. The fourth-order valence-electron chi connectivity index (χ4n) is 4.17. The molecule has 1 heterocycles. The van der Waals surface area contributed by atoms with Gasteiger partial charge in [0, 0.05) is 43.9 Å². The molecule has 0 radical (unpaired) electrons. The van der Waals surface area contributed by atoms with Crippen molar-refractivity contribution in [1.29, 1.82) is 0 Å². The van der Waals surface area contributed by atoms with Gasteiger partial charge in [-0.15, -0.1) is 0 Å². The summed E-state index contributed by atoms with van der Waals surface area (Å²) in [5.74, 6) is 1.96. The Labute approximate surface area is 214 Å². The minimum absolute atomic E-state index is 0.214. The Morgan fingerprint density at radius 2 is 1.58 bits per heavy atom. The van der Waals surface area contributed by atoms with Crippen LogP contribution in [0.4, 0.5) is 0 Å². The second-order valence-electron chi connectivity index (χ2n) is 9.40. The van der Waals surface area contributed by atoms with E-state index in [0.29, 0.717) is 13.0 Å². The molecule has 0 N–H and O–H groups in total. The lowest BCUT2D eigenvalue weighted by Gasteiger charge is -2.19. The van der Waals surface area contributed by atoms with Gasteiger partial charge in [-0.3, -0.25) is 9.36 Å². The summed E-state index contributed by atoms with van der Waals surface area (Å²) >= 11 is 0. The van der Waals surface area contributed by atoms with E-state index in [9.17, 15) is 4.79 Å². The Morgan fingerprint density at radius 3 is 2.31 bits per heavy atom. The molecule has 0 aliphatic carbocycles. The zero-order valence-corrected chi connectivity index (χ0v) is 21.6. The predicted octanol–water partition coefficient (Wildman–Crippen LogP) is 5.65. The van der Waals surface area contributed by atoms with Gasteiger partial charge in [-0.25, -0.2) is 4.98 Å². The number of aromatic nitrogens is 2. The highest BCUT2D eigenvalue weighted by molar-refractivity contribution is 5.84. The van der Waals surface area contributed by atoms with Crippen LogP contribution in [0.15, 0.2) is 78.9 Å². The molecule has 1 amide bonds. The fourth-order valence-corrected chi connectivity index (χ4v) is 4.17. The minimum atomic E-state index is 0.214. The minimum Gasteiger partial charge on any atom is -0.494 e. The van der Waals surface area contributed by atoms with Crippen LogP contribution in [0.5, 0.6) is 5.75 Å². The summed E-state index contributed by atoms with van der Waals surface area (Å²) in [5.41, 5.74) is 4.09. The van der Waals surface area contributed by atoms with Gasteiger partial charge >= 0.3 is 0 Å². The van der Waals surface area contributed by atoms with Crippen molar-refractivity contribution in [2.24, 2.45) is 0 Å². The summed E-state index contributed by atoms with van der Waals surface area (Å²) in [6.07, 6.45) is 3.36. The molecule has 0 saturated carbocycles. The highest BCUT2D eigenvalue weighted by atomic mass is 16.5. The first-order valence-corrected chi connectivity index (χ1v) is 12.7. The number of carbonyl (C=O) groups excluding carboxylic acids is 1. The van der Waals surface area contributed by atoms with Crippen molar-refractivity contribution in [2.75, 3.05) is 40.8 Å². The maximum Gasteiger partial charge on any atom is 0.222 e. The molecule has 4 aromatic rings. The van der Waals surface area contributed by atoms with Crippen LogP contribution in [0.2, 0.25) is 0 Å².